The summed E-state index contributed by atoms with van der Waals surface area (Å²) < 4.78 is 5.18. The highest BCUT2D eigenvalue weighted by Crippen LogP contribution is 2.16. The summed E-state index contributed by atoms with van der Waals surface area (Å²) in [6, 6.07) is 0. The number of rotatable bonds is 17. The maximum absolute atomic E-state index is 5.18. The van der Waals surface area contributed by atoms with Crippen LogP contribution < -0.4 is 5.32 Å². The Bertz CT molecular complexity index is 335. The Kier molecular flexibility index (Phi) is 13.7. The van der Waals surface area contributed by atoms with Gasteiger partial charge in [-0.25, -0.2) is 0 Å². The van der Waals surface area contributed by atoms with Crippen LogP contribution in [-0.2, 0) is 4.74 Å². The number of unbranched alkanes of at least 4 members (excludes halogenated alkanes) is 15. The highest BCUT2D eigenvalue weighted by Gasteiger charge is 2.06. The van der Waals surface area contributed by atoms with Gasteiger partial charge in [0.1, 0.15) is 6.26 Å². The van der Waals surface area contributed by atoms with E-state index in [0.29, 0.717) is 5.88 Å². The standard InChI is InChI=1S/C22H41NO/c1-3-4-5-6-7-8-9-10-11-12-13-14-15-16-17-18-19-22-20-24-21(2)23-22/h20,23H,2-19H2,1H3. The molecule has 1 heterocycles. The molecular weight excluding hydrogens is 294 g/mol. The first-order chi connectivity index (χ1) is 11.8. The fourth-order valence-electron chi connectivity index (χ4n) is 3.37. The predicted octanol–water partition coefficient (Wildman–Crippen LogP) is 7.57. The lowest BCUT2D eigenvalue weighted by atomic mass is 10.0. The molecule has 0 bridgehead atoms. The van der Waals surface area contributed by atoms with Gasteiger partial charge in [0.15, 0.2) is 5.88 Å². The van der Waals surface area contributed by atoms with Crippen molar-refractivity contribution >= 4 is 0 Å². The maximum atomic E-state index is 5.18. The van der Waals surface area contributed by atoms with Crippen molar-refractivity contribution < 1.29 is 4.74 Å². The first-order valence-corrected chi connectivity index (χ1v) is 10.6. The van der Waals surface area contributed by atoms with Crippen molar-refractivity contribution in [2.24, 2.45) is 0 Å². The van der Waals surface area contributed by atoms with Gasteiger partial charge in [-0.15, -0.1) is 0 Å². The summed E-state index contributed by atoms with van der Waals surface area (Å²) >= 11 is 0. The lowest BCUT2D eigenvalue weighted by molar-refractivity contribution is 0.359. The first kappa shape index (κ1) is 21.1. The van der Waals surface area contributed by atoms with Crippen LogP contribution >= 0.6 is 0 Å². The third kappa shape index (κ3) is 12.5. The van der Waals surface area contributed by atoms with Crippen molar-refractivity contribution in [2.45, 2.75) is 116 Å². The Morgan fingerprint density at radius 2 is 1.12 bits per heavy atom. The molecule has 0 aromatic heterocycles. The zero-order valence-electron chi connectivity index (χ0n) is 16.2. The minimum Gasteiger partial charge on any atom is -0.448 e. The van der Waals surface area contributed by atoms with Gasteiger partial charge in [-0.3, -0.25) is 0 Å². The smallest absolute Gasteiger partial charge is 0.189 e. The fraction of sp³-hybridized carbons (Fsp3) is 0.818. The third-order valence-corrected chi connectivity index (χ3v) is 4.94. The number of allylic oxidation sites excluding steroid dienone is 1. The largest absolute Gasteiger partial charge is 0.448 e. The van der Waals surface area contributed by atoms with Gasteiger partial charge in [-0.1, -0.05) is 103 Å². The number of nitrogens with one attached hydrogen (secondary N) is 1. The molecule has 140 valence electrons. The Balaban J connectivity index is 1.68. The summed E-state index contributed by atoms with van der Waals surface area (Å²) in [5.41, 5.74) is 1.19. The van der Waals surface area contributed by atoms with E-state index >= 15 is 0 Å². The second-order valence-electron chi connectivity index (χ2n) is 7.36. The molecule has 0 atom stereocenters. The molecule has 1 aliphatic rings. The van der Waals surface area contributed by atoms with Crippen molar-refractivity contribution in [3.05, 3.63) is 24.4 Å². The van der Waals surface area contributed by atoms with Gasteiger partial charge in [0.25, 0.3) is 0 Å². The number of hydrogen-bond donors (Lipinski definition) is 1. The summed E-state index contributed by atoms with van der Waals surface area (Å²) in [7, 11) is 0. The van der Waals surface area contributed by atoms with Crippen LogP contribution in [0, 0.1) is 0 Å². The van der Waals surface area contributed by atoms with E-state index in [2.05, 4.69) is 18.8 Å². The summed E-state index contributed by atoms with van der Waals surface area (Å²) in [6.45, 7) is 6.03. The van der Waals surface area contributed by atoms with Gasteiger partial charge in [0, 0.05) is 0 Å². The molecule has 0 fully saturated rings. The molecule has 24 heavy (non-hydrogen) atoms. The van der Waals surface area contributed by atoms with Crippen LogP contribution in [0.1, 0.15) is 116 Å². The summed E-state index contributed by atoms with van der Waals surface area (Å²) in [5, 5.41) is 3.15. The summed E-state index contributed by atoms with van der Waals surface area (Å²) in [4.78, 5) is 0. The molecule has 1 rings (SSSR count). The van der Waals surface area contributed by atoms with Crippen molar-refractivity contribution in [1.82, 2.24) is 5.32 Å². The van der Waals surface area contributed by atoms with Crippen LogP contribution in [0.4, 0.5) is 0 Å². The molecule has 0 aromatic carbocycles. The molecule has 0 spiro atoms. The Morgan fingerprint density at radius 1 is 0.708 bits per heavy atom. The first-order valence-electron chi connectivity index (χ1n) is 10.6. The third-order valence-electron chi connectivity index (χ3n) is 4.94. The van der Waals surface area contributed by atoms with Gasteiger partial charge in [-0.2, -0.15) is 0 Å². The highest BCUT2D eigenvalue weighted by molar-refractivity contribution is 5.09. The van der Waals surface area contributed by atoms with Crippen LogP contribution in [0.25, 0.3) is 0 Å². The van der Waals surface area contributed by atoms with Crippen LogP contribution in [-0.4, -0.2) is 0 Å². The Morgan fingerprint density at radius 3 is 1.50 bits per heavy atom. The molecule has 2 heteroatoms. The van der Waals surface area contributed by atoms with E-state index in [1.807, 2.05) is 0 Å². The lowest BCUT2D eigenvalue weighted by Gasteiger charge is -2.04. The van der Waals surface area contributed by atoms with Gasteiger partial charge in [0.05, 0.1) is 5.70 Å². The topological polar surface area (TPSA) is 21.3 Å². The molecule has 0 saturated carbocycles. The number of ether oxygens (including phenoxy) is 1. The summed E-state index contributed by atoms with van der Waals surface area (Å²) in [6.07, 6.45) is 25.6. The van der Waals surface area contributed by atoms with Crippen molar-refractivity contribution in [2.75, 3.05) is 0 Å². The minimum atomic E-state index is 0.668. The highest BCUT2D eigenvalue weighted by atomic mass is 16.5. The van der Waals surface area contributed by atoms with E-state index in [0.717, 1.165) is 6.42 Å². The lowest BCUT2D eigenvalue weighted by Crippen LogP contribution is -2.04. The van der Waals surface area contributed by atoms with Crippen LogP contribution in [0.15, 0.2) is 24.4 Å². The Labute approximate surface area is 151 Å². The quantitative estimate of drug-likeness (QED) is 0.277. The van der Waals surface area contributed by atoms with E-state index in [4.69, 9.17) is 4.74 Å². The van der Waals surface area contributed by atoms with Crippen LogP contribution in [0.3, 0.4) is 0 Å². The molecule has 1 aliphatic heterocycles. The molecule has 0 aromatic rings. The molecule has 2 nitrogen and oxygen atoms in total. The van der Waals surface area contributed by atoms with Crippen LogP contribution in [0.2, 0.25) is 0 Å². The molecule has 1 N–H and O–H groups in total. The van der Waals surface area contributed by atoms with Crippen LogP contribution in [0.5, 0.6) is 0 Å². The molecular formula is C22H41NO. The maximum Gasteiger partial charge on any atom is 0.189 e. The molecule has 0 aliphatic carbocycles. The van der Waals surface area contributed by atoms with E-state index in [-0.39, 0.29) is 0 Å². The number of hydrogen-bond acceptors (Lipinski definition) is 2. The average Bonchev–Trinajstić information content (AvgIpc) is 3.00. The van der Waals surface area contributed by atoms with E-state index in [9.17, 15) is 0 Å². The van der Waals surface area contributed by atoms with E-state index < -0.39 is 0 Å². The predicted molar refractivity (Wildman–Crippen MR) is 106 cm³/mol. The molecule has 0 saturated heterocycles. The second-order valence-corrected chi connectivity index (χ2v) is 7.36. The average molecular weight is 336 g/mol. The Hall–Kier alpha value is -0.920. The van der Waals surface area contributed by atoms with Gasteiger partial charge in [0.2, 0.25) is 0 Å². The van der Waals surface area contributed by atoms with Crippen molar-refractivity contribution in [1.29, 1.82) is 0 Å². The molecule has 0 unspecified atom stereocenters. The zero-order valence-corrected chi connectivity index (χ0v) is 16.2. The SMILES string of the molecule is C=C1NC(CCCCCCCCCCCCCCCCCC)=CO1. The fourth-order valence-corrected chi connectivity index (χ4v) is 3.37. The monoisotopic (exact) mass is 335 g/mol. The van der Waals surface area contributed by atoms with Gasteiger partial charge < -0.3 is 10.1 Å². The van der Waals surface area contributed by atoms with Gasteiger partial charge in [-0.05, 0) is 19.4 Å². The van der Waals surface area contributed by atoms with Crippen molar-refractivity contribution in [3.8, 4) is 0 Å². The van der Waals surface area contributed by atoms with E-state index in [1.54, 1.807) is 6.26 Å². The van der Waals surface area contributed by atoms with E-state index in [1.165, 1.54) is 108 Å². The molecule has 0 amide bonds. The normalized spacial score (nSPS) is 13.7. The van der Waals surface area contributed by atoms with Crippen molar-refractivity contribution in [3.63, 3.8) is 0 Å². The summed E-state index contributed by atoms with van der Waals surface area (Å²) in [5.74, 6) is 0.668. The molecule has 0 radical (unpaired) electrons. The zero-order chi connectivity index (χ0) is 17.3. The minimum absolute atomic E-state index is 0.668. The van der Waals surface area contributed by atoms with Gasteiger partial charge >= 0.3 is 0 Å². The second kappa shape index (κ2) is 15.6.